The third-order valence-corrected chi connectivity index (χ3v) is 2.49. The van der Waals surface area contributed by atoms with E-state index in [1.165, 1.54) is 12.1 Å². The number of carbonyl (C=O) groups is 2. The van der Waals surface area contributed by atoms with Crippen LogP contribution in [0.4, 0.5) is 9.18 Å². The van der Waals surface area contributed by atoms with Gasteiger partial charge in [0.15, 0.2) is 0 Å². The maximum atomic E-state index is 13.6. The molecule has 0 aliphatic carbocycles. The number of benzene rings is 1. The Hall–Kier alpha value is -2.37. The minimum Gasteiger partial charge on any atom is -0.481 e. The van der Waals surface area contributed by atoms with Crippen LogP contribution in [0.15, 0.2) is 24.3 Å². The van der Waals surface area contributed by atoms with Gasteiger partial charge in [0, 0.05) is 6.54 Å². The second-order valence-electron chi connectivity index (χ2n) is 5.71. The molecule has 120 valence electrons. The fourth-order valence-corrected chi connectivity index (χ4v) is 1.62. The van der Waals surface area contributed by atoms with E-state index in [9.17, 15) is 14.0 Å². The monoisotopic (exact) mass is 309 g/mol. The number of carboxylic acid groups (broad SMARTS) is 1. The first-order chi connectivity index (χ1) is 10.2. The number of halogens is 1. The lowest BCUT2D eigenvalue weighted by Gasteiger charge is -2.19. The van der Waals surface area contributed by atoms with Crippen molar-refractivity contribution in [2.24, 2.45) is 0 Å². The molecule has 0 saturated heterocycles. The van der Waals surface area contributed by atoms with E-state index in [1.54, 1.807) is 39.0 Å². The Kier molecular flexibility index (Phi) is 6.10. The van der Waals surface area contributed by atoms with Crippen molar-refractivity contribution in [3.05, 3.63) is 41.2 Å². The molecule has 1 rings (SSSR count). The number of hydrogen-bond donors (Lipinski definition) is 2. The number of ether oxygens (including phenoxy) is 1. The van der Waals surface area contributed by atoms with Gasteiger partial charge in [-0.05, 0) is 38.0 Å². The summed E-state index contributed by atoms with van der Waals surface area (Å²) in [4.78, 5) is 21.9. The van der Waals surface area contributed by atoms with Crippen LogP contribution < -0.4 is 5.32 Å². The standard InChI is InChI=1S/C16H20FNO4/c1-16(2,3)22-15(21)18-8-4-5-11-6-7-12(10-14(19)20)13(17)9-11/h4-7,9H,8,10H2,1-3H3,(H,18,21)(H,19,20). The smallest absolute Gasteiger partial charge is 0.407 e. The van der Waals surface area contributed by atoms with Gasteiger partial charge in [0.1, 0.15) is 11.4 Å². The molecule has 2 N–H and O–H groups in total. The zero-order valence-electron chi connectivity index (χ0n) is 12.9. The van der Waals surface area contributed by atoms with Gasteiger partial charge in [0.25, 0.3) is 0 Å². The molecule has 0 aliphatic heterocycles. The Bertz CT molecular complexity index is 576. The van der Waals surface area contributed by atoms with Gasteiger partial charge >= 0.3 is 12.1 Å². The number of aliphatic carboxylic acids is 1. The lowest BCUT2D eigenvalue weighted by atomic mass is 10.1. The fraction of sp³-hybridized carbons (Fsp3) is 0.375. The van der Waals surface area contributed by atoms with Gasteiger partial charge in [-0.1, -0.05) is 24.3 Å². The number of amides is 1. The minimum absolute atomic E-state index is 0.136. The first-order valence-electron chi connectivity index (χ1n) is 6.81. The summed E-state index contributed by atoms with van der Waals surface area (Å²) in [5, 5.41) is 11.2. The van der Waals surface area contributed by atoms with Gasteiger partial charge < -0.3 is 15.2 Å². The van der Waals surface area contributed by atoms with E-state index in [0.29, 0.717) is 5.56 Å². The summed E-state index contributed by atoms with van der Waals surface area (Å²) in [6, 6.07) is 4.30. The van der Waals surface area contributed by atoms with Gasteiger partial charge in [-0.3, -0.25) is 4.79 Å². The number of nitrogens with one attached hydrogen (secondary N) is 1. The number of alkyl carbamates (subject to hydrolysis) is 1. The predicted molar refractivity (Wildman–Crippen MR) is 81.0 cm³/mol. The first-order valence-corrected chi connectivity index (χ1v) is 6.81. The highest BCUT2D eigenvalue weighted by Gasteiger charge is 2.15. The molecule has 0 fully saturated rings. The average molecular weight is 309 g/mol. The molecule has 0 unspecified atom stereocenters. The molecule has 1 aromatic rings. The SMILES string of the molecule is CC(C)(C)OC(=O)NCC=Cc1ccc(CC(=O)O)c(F)c1. The Labute approximate surface area is 128 Å². The van der Waals surface area contributed by atoms with E-state index in [0.717, 1.165) is 0 Å². The number of rotatable bonds is 5. The van der Waals surface area contributed by atoms with Crippen molar-refractivity contribution in [2.45, 2.75) is 32.8 Å². The van der Waals surface area contributed by atoms with E-state index < -0.39 is 23.5 Å². The molecule has 0 aliphatic rings. The van der Waals surface area contributed by atoms with E-state index in [-0.39, 0.29) is 18.5 Å². The molecule has 0 aromatic heterocycles. The maximum Gasteiger partial charge on any atom is 0.407 e. The van der Waals surface area contributed by atoms with Crippen molar-refractivity contribution in [1.29, 1.82) is 0 Å². The van der Waals surface area contributed by atoms with Crippen LogP contribution in [0.25, 0.3) is 6.08 Å². The Morgan fingerprint density at radius 3 is 2.59 bits per heavy atom. The highest BCUT2D eigenvalue weighted by Crippen LogP contribution is 2.12. The molecular weight excluding hydrogens is 289 g/mol. The molecule has 5 nitrogen and oxygen atoms in total. The van der Waals surface area contributed by atoms with Crippen molar-refractivity contribution in [2.75, 3.05) is 6.54 Å². The zero-order chi connectivity index (χ0) is 16.8. The van der Waals surface area contributed by atoms with Gasteiger partial charge in [0.2, 0.25) is 0 Å². The van der Waals surface area contributed by atoms with E-state index >= 15 is 0 Å². The highest BCUT2D eigenvalue weighted by atomic mass is 19.1. The predicted octanol–water partition coefficient (Wildman–Crippen LogP) is 2.99. The van der Waals surface area contributed by atoms with Crippen LogP contribution in [-0.2, 0) is 16.0 Å². The topological polar surface area (TPSA) is 75.6 Å². The summed E-state index contributed by atoms with van der Waals surface area (Å²) >= 11 is 0. The molecule has 0 saturated carbocycles. The second kappa shape index (κ2) is 7.59. The first kappa shape index (κ1) is 17.7. The molecule has 1 aromatic carbocycles. The Morgan fingerprint density at radius 1 is 1.36 bits per heavy atom. The molecule has 6 heteroatoms. The van der Waals surface area contributed by atoms with E-state index in [4.69, 9.17) is 9.84 Å². The van der Waals surface area contributed by atoms with Crippen LogP contribution >= 0.6 is 0 Å². The lowest BCUT2D eigenvalue weighted by molar-refractivity contribution is -0.136. The maximum absolute atomic E-state index is 13.6. The van der Waals surface area contributed by atoms with Crippen LogP contribution in [-0.4, -0.2) is 29.3 Å². The molecule has 0 heterocycles. The summed E-state index contributed by atoms with van der Waals surface area (Å²) in [5.41, 5.74) is 0.158. The zero-order valence-corrected chi connectivity index (χ0v) is 12.9. The normalized spacial score (nSPS) is 11.5. The number of carbonyl (C=O) groups excluding carboxylic acids is 1. The average Bonchev–Trinajstić information content (AvgIpc) is 2.35. The van der Waals surface area contributed by atoms with E-state index in [2.05, 4.69) is 5.32 Å². The lowest BCUT2D eigenvalue weighted by Crippen LogP contribution is -2.32. The summed E-state index contributed by atoms with van der Waals surface area (Å²) in [6.07, 6.45) is 2.40. The third-order valence-electron chi connectivity index (χ3n) is 2.49. The van der Waals surface area contributed by atoms with Crippen LogP contribution in [0.1, 0.15) is 31.9 Å². The largest absolute Gasteiger partial charge is 0.481 e. The second-order valence-corrected chi connectivity index (χ2v) is 5.71. The summed E-state index contributed by atoms with van der Waals surface area (Å²) < 4.78 is 18.7. The molecule has 0 atom stereocenters. The molecule has 0 radical (unpaired) electrons. The van der Waals surface area contributed by atoms with Crippen molar-refractivity contribution in [1.82, 2.24) is 5.32 Å². The fourth-order valence-electron chi connectivity index (χ4n) is 1.62. The minimum atomic E-state index is -1.08. The Balaban J connectivity index is 2.52. The third kappa shape index (κ3) is 6.88. The van der Waals surface area contributed by atoms with Crippen LogP contribution in [0.2, 0.25) is 0 Å². The van der Waals surface area contributed by atoms with Gasteiger partial charge in [-0.15, -0.1) is 0 Å². The van der Waals surface area contributed by atoms with Crippen molar-refractivity contribution < 1.29 is 23.8 Å². The van der Waals surface area contributed by atoms with Gasteiger partial charge in [-0.2, -0.15) is 0 Å². The van der Waals surface area contributed by atoms with Crippen molar-refractivity contribution in [3.63, 3.8) is 0 Å². The molecular formula is C16H20FNO4. The summed E-state index contributed by atoms with van der Waals surface area (Å²) in [5.74, 6) is -1.64. The number of carboxylic acids is 1. The van der Waals surface area contributed by atoms with Crippen molar-refractivity contribution in [3.8, 4) is 0 Å². The number of hydrogen-bond acceptors (Lipinski definition) is 3. The quantitative estimate of drug-likeness (QED) is 0.876. The van der Waals surface area contributed by atoms with Crippen LogP contribution in [0, 0.1) is 5.82 Å². The van der Waals surface area contributed by atoms with Gasteiger partial charge in [-0.25, -0.2) is 9.18 Å². The molecule has 1 amide bonds. The molecule has 22 heavy (non-hydrogen) atoms. The van der Waals surface area contributed by atoms with E-state index in [1.807, 2.05) is 0 Å². The van der Waals surface area contributed by atoms with Crippen LogP contribution in [0.5, 0.6) is 0 Å². The molecule has 0 spiro atoms. The molecule has 0 bridgehead atoms. The Morgan fingerprint density at radius 2 is 2.05 bits per heavy atom. The highest BCUT2D eigenvalue weighted by molar-refractivity contribution is 5.70. The summed E-state index contributed by atoms with van der Waals surface area (Å²) in [7, 11) is 0. The van der Waals surface area contributed by atoms with Gasteiger partial charge in [0.05, 0.1) is 6.42 Å². The summed E-state index contributed by atoms with van der Waals surface area (Å²) in [6.45, 7) is 5.55. The van der Waals surface area contributed by atoms with Crippen molar-refractivity contribution >= 4 is 18.1 Å². The van der Waals surface area contributed by atoms with Crippen LogP contribution in [0.3, 0.4) is 0 Å².